The van der Waals surface area contributed by atoms with E-state index in [4.69, 9.17) is 11.6 Å². The van der Waals surface area contributed by atoms with Gasteiger partial charge in [-0.2, -0.15) is 10.4 Å². The standard InChI is InChI=1S/C23H21ClN4O/c1-15-9-10-21(16(2)11-15)26-23(29)19(13-25)12-20-17(3)27-28(22(20)24)14-18-7-5-4-6-8-18/h4-12H,14H2,1-3H3,(H,26,29)/b19-12+. The van der Waals surface area contributed by atoms with Crippen molar-refractivity contribution < 1.29 is 4.79 Å². The molecule has 0 unspecified atom stereocenters. The monoisotopic (exact) mass is 404 g/mol. The Labute approximate surface area is 175 Å². The molecule has 0 bridgehead atoms. The van der Waals surface area contributed by atoms with Crippen LogP contribution in [0.15, 0.2) is 54.1 Å². The van der Waals surface area contributed by atoms with Gasteiger partial charge in [-0.25, -0.2) is 4.68 Å². The zero-order valence-corrected chi connectivity index (χ0v) is 17.3. The number of nitrogens with one attached hydrogen (secondary N) is 1. The number of nitriles is 1. The zero-order chi connectivity index (χ0) is 21.0. The third-order valence-electron chi connectivity index (χ3n) is 4.57. The maximum Gasteiger partial charge on any atom is 0.266 e. The molecule has 0 aliphatic rings. The Bertz CT molecular complexity index is 1120. The third-order valence-corrected chi connectivity index (χ3v) is 4.97. The van der Waals surface area contributed by atoms with Crippen molar-refractivity contribution >= 4 is 29.3 Å². The van der Waals surface area contributed by atoms with Gasteiger partial charge in [-0.1, -0.05) is 59.6 Å². The van der Waals surface area contributed by atoms with E-state index in [1.165, 1.54) is 6.08 Å². The molecule has 0 atom stereocenters. The molecule has 5 nitrogen and oxygen atoms in total. The van der Waals surface area contributed by atoms with Crippen LogP contribution in [0.1, 0.15) is 27.9 Å². The molecule has 146 valence electrons. The lowest BCUT2D eigenvalue weighted by atomic mass is 10.1. The van der Waals surface area contributed by atoms with E-state index in [9.17, 15) is 10.1 Å². The van der Waals surface area contributed by atoms with Gasteiger partial charge in [0, 0.05) is 11.3 Å². The van der Waals surface area contributed by atoms with Crippen molar-refractivity contribution in [3.05, 3.63) is 87.2 Å². The number of carbonyl (C=O) groups is 1. The van der Waals surface area contributed by atoms with E-state index in [0.717, 1.165) is 16.7 Å². The van der Waals surface area contributed by atoms with Crippen molar-refractivity contribution in [2.75, 3.05) is 5.32 Å². The molecule has 3 aromatic rings. The minimum absolute atomic E-state index is 0.0331. The number of halogens is 1. The summed E-state index contributed by atoms with van der Waals surface area (Å²) in [5, 5.41) is 17.2. The molecule has 0 fully saturated rings. The van der Waals surface area contributed by atoms with Crippen molar-refractivity contribution in [2.45, 2.75) is 27.3 Å². The molecule has 3 rings (SSSR count). The molecule has 0 radical (unpaired) electrons. The van der Waals surface area contributed by atoms with Crippen molar-refractivity contribution in [2.24, 2.45) is 0 Å². The summed E-state index contributed by atoms with van der Waals surface area (Å²) in [6.45, 7) is 6.20. The van der Waals surface area contributed by atoms with Gasteiger partial charge in [-0.05, 0) is 44.0 Å². The second-order valence-electron chi connectivity index (χ2n) is 6.88. The fourth-order valence-electron chi connectivity index (χ4n) is 3.03. The number of hydrogen-bond acceptors (Lipinski definition) is 3. The van der Waals surface area contributed by atoms with Gasteiger partial charge in [0.15, 0.2) is 0 Å². The summed E-state index contributed by atoms with van der Waals surface area (Å²) < 4.78 is 1.66. The highest BCUT2D eigenvalue weighted by atomic mass is 35.5. The van der Waals surface area contributed by atoms with Crippen LogP contribution in [0.2, 0.25) is 5.15 Å². The van der Waals surface area contributed by atoms with Crippen LogP contribution in [0.4, 0.5) is 5.69 Å². The Morgan fingerprint density at radius 3 is 2.59 bits per heavy atom. The number of carbonyl (C=O) groups excluding carboxylic acids is 1. The largest absolute Gasteiger partial charge is 0.321 e. The summed E-state index contributed by atoms with van der Waals surface area (Å²) >= 11 is 6.50. The van der Waals surface area contributed by atoms with Gasteiger partial charge in [0.25, 0.3) is 5.91 Å². The molecule has 0 aliphatic carbocycles. The fraction of sp³-hybridized carbons (Fsp3) is 0.174. The van der Waals surface area contributed by atoms with Gasteiger partial charge in [0.1, 0.15) is 16.8 Å². The molecule has 1 amide bonds. The SMILES string of the molecule is Cc1ccc(NC(=O)/C(C#N)=C/c2c(C)nn(Cc3ccccc3)c2Cl)c(C)c1. The smallest absolute Gasteiger partial charge is 0.266 e. The minimum atomic E-state index is -0.481. The van der Waals surface area contributed by atoms with Crippen LogP contribution in [0.3, 0.4) is 0 Å². The molecule has 2 aromatic carbocycles. The predicted octanol–water partition coefficient (Wildman–Crippen LogP) is 5.06. The summed E-state index contributed by atoms with van der Waals surface area (Å²) in [7, 11) is 0. The van der Waals surface area contributed by atoms with Crippen LogP contribution in [0.5, 0.6) is 0 Å². The summed E-state index contributed by atoms with van der Waals surface area (Å²) in [6.07, 6.45) is 1.49. The number of amides is 1. The van der Waals surface area contributed by atoms with E-state index in [0.29, 0.717) is 28.6 Å². The first kappa shape index (κ1) is 20.4. The van der Waals surface area contributed by atoms with E-state index >= 15 is 0 Å². The first-order chi connectivity index (χ1) is 13.9. The van der Waals surface area contributed by atoms with Crippen molar-refractivity contribution in [3.8, 4) is 6.07 Å². The summed E-state index contributed by atoms with van der Waals surface area (Å²) in [6, 6.07) is 17.5. The topological polar surface area (TPSA) is 70.7 Å². The lowest BCUT2D eigenvalue weighted by Gasteiger charge is -2.08. The van der Waals surface area contributed by atoms with Gasteiger partial charge in [-0.15, -0.1) is 0 Å². The molecule has 0 aliphatic heterocycles. The highest BCUT2D eigenvalue weighted by Gasteiger charge is 2.16. The summed E-state index contributed by atoms with van der Waals surface area (Å²) in [4.78, 5) is 12.6. The molecule has 1 aromatic heterocycles. The minimum Gasteiger partial charge on any atom is -0.321 e. The molecular formula is C23H21ClN4O. The average molecular weight is 405 g/mol. The summed E-state index contributed by atoms with van der Waals surface area (Å²) in [5.74, 6) is -0.481. The number of aryl methyl sites for hydroxylation is 3. The first-order valence-corrected chi connectivity index (χ1v) is 9.54. The van der Waals surface area contributed by atoms with Gasteiger partial charge < -0.3 is 5.32 Å². The van der Waals surface area contributed by atoms with Gasteiger partial charge >= 0.3 is 0 Å². The van der Waals surface area contributed by atoms with E-state index in [1.54, 1.807) is 11.6 Å². The highest BCUT2D eigenvalue weighted by molar-refractivity contribution is 6.31. The Morgan fingerprint density at radius 2 is 1.93 bits per heavy atom. The second-order valence-corrected chi connectivity index (χ2v) is 7.23. The van der Waals surface area contributed by atoms with Crippen LogP contribution in [0, 0.1) is 32.1 Å². The quantitative estimate of drug-likeness (QED) is 0.477. The van der Waals surface area contributed by atoms with Crippen LogP contribution >= 0.6 is 11.6 Å². The molecule has 6 heteroatoms. The molecule has 29 heavy (non-hydrogen) atoms. The molecule has 1 N–H and O–H groups in total. The van der Waals surface area contributed by atoms with Gasteiger partial charge in [0.2, 0.25) is 0 Å². The van der Waals surface area contributed by atoms with Gasteiger partial charge in [0.05, 0.1) is 12.2 Å². The zero-order valence-electron chi connectivity index (χ0n) is 16.5. The fourth-order valence-corrected chi connectivity index (χ4v) is 3.32. The van der Waals surface area contributed by atoms with Crippen molar-refractivity contribution in [1.29, 1.82) is 5.26 Å². The number of nitrogens with zero attached hydrogens (tertiary/aromatic N) is 3. The molecule has 0 saturated heterocycles. The van der Waals surface area contributed by atoms with E-state index in [-0.39, 0.29) is 5.57 Å². The van der Waals surface area contributed by atoms with E-state index in [1.807, 2.05) is 68.4 Å². The van der Waals surface area contributed by atoms with Crippen molar-refractivity contribution in [3.63, 3.8) is 0 Å². The normalized spacial score (nSPS) is 11.2. The molecule has 0 spiro atoms. The first-order valence-electron chi connectivity index (χ1n) is 9.16. The van der Waals surface area contributed by atoms with Crippen LogP contribution in [0.25, 0.3) is 6.08 Å². The number of anilines is 1. The molecular weight excluding hydrogens is 384 g/mol. The average Bonchev–Trinajstić information content (AvgIpc) is 2.95. The lowest BCUT2D eigenvalue weighted by molar-refractivity contribution is -0.112. The highest BCUT2D eigenvalue weighted by Crippen LogP contribution is 2.24. The second kappa shape index (κ2) is 8.76. The Morgan fingerprint density at radius 1 is 1.21 bits per heavy atom. The molecule has 0 saturated carbocycles. The summed E-state index contributed by atoms with van der Waals surface area (Å²) in [5.41, 5.74) is 4.94. The van der Waals surface area contributed by atoms with Crippen LogP contribution in [-0.2, 0) is 11.3 Å². The van der Waals surface area contributed by atoms with Crippen LogP contribution < -0.4 is 5.32 Å². The number of aromatic nitrogens is 2. The van der Waals surface area contributed by atoms with Crippen LogP contribution in [-0.4, -0.2) is 15.7 Å². The van der Waals surface area contributed by atoms with E-state index < -0.39 is 5.91 Å². The lowest BCUT2D eigenvalue weighted by Crippen LogP contribution is -2.14. The predicted molar refractivity (Wildman–Crippen MR) is 116 cm³/mol. The maximum absolute atomic E-state index is 12.6. The number of hydrogen-bond donors (Lipinski definition) is 1. The molecule has 1 heterocycles. The van der Waals surface area contributed by atoms with Crippen molar-refractivity contribution in [1.82, 2.24) is 9.78 Å². The Hall–Kier alpha value is -3.36. The number of benzene rings is 2. The number of rotatable bonds is 5. The Balaban J connectivity index is 1.87. The van der Waals surface area contributed by atoms with E-state index in [2.05, 4.69) is 10.4 Å². The third kappa shape index (κ3) is 4.74. The maximum atomic E-state index is 12.6. The van der Waals surface area contributed by atoms with Gasteiger partial charge in [-0.3, -0.25) is 4.79 Å². The Kier molecular flexibility index (Phi) is 6.16.